The lowest BCUT2D eigenvalue weighted by molar-refractivity contribution is 1.19. The van der Waals surface area contributed by atoms with Crippen LogP contribution in [-0.4, -0.2) is 15.0 Å². The summed E-state index contributed by atoms with van der Waals surface area (Å²) in [5.74, 6) is 0.318. The summed E-state index contributed by atoms with van der Waals surface area (Å²) >= 11 is 5.67. The third-order valence-corrected chi connectivity index (χ3v) is 1.95. The molecule has 66 valence electrons. The van der Waals surface area contributed by atoms with Crippen molar-refractivity contribution in [2.45, 2.75) is 6.92 Å². The van der Waals surface area contributed by atoms with Gasteiger partial charge in [0.1, 0.15) is 5.52 Å². The Morgan fingerprint density at radius 3 is 2.85 bits per heavy atom. The van der Waals surface area contributed by atoms with Crippen LogP contribution in [-0.2, 0) is 0 Å². The normalized spacial score (nSPS) is 10.6. The number of nitrogens with two attached hydrogens (primary N) is 1. The van der Waals surface area contributed by atoms with E-state index in [0.717, 1.165) is 5.56 Å². The van der Waals surface area contributed by atoms with E-state index >= 15 is 0 Å². The maximum absolute atomic E-state index is 5.67. The molecule has 0 aromatic carbocycles. The molecular weight excluding hydrogens is 188 g/mol. The third kappa shape index (κ3) is 1.29. The van der Waals surface area contributed by atoms with Gasteiger partial charge >= 0.3 is 0 Å². The molecule has 2 aromatic rings. The minimum atomic E-state index is 0.154. The van der Waals surface area contributed by atoms with E-state index in [0.29, 0.717) is 16.9 Å². The largest absolute Gasteiger partial charge is 0.382 e. The van der Waals surface area contributed by atoms with Gasteiger partial charge in [0, 0.05) is 6.20 Å². The number of pyridine rings is 1. The Balaban J connectivity index is 2.94. The van der Waals surface area contributed by atoms with Crippen LogP contribution in [0.15, 0.2) is 12.3 Å². The van der Waals surface area contributed by atoms with E-state index in [2.05, 4.69) is 15.0 Å². The summed E-state index contributed by atoms with van der Waals surface area (Å²) in [5, 5.41) is 0.154. The molecule has 13 heavy (non-hydrogen) atoms. The zero-order chi connectivity index (χ0) is 9.42. The van der Waals surface area contributed by atoms with Crippen LogP contribution in [0.3, 0.4) is 0 Å². The van der Waals surface area contributed by atoms with Gasteiger partial charge < -0.3 is 5.73 Å². The molecule has 0 radical (unpaired) electrons. The van der Waals surface area contributed by atoms with Gasteiger partial charge in [0.15, 0.2) is 5.82 Å². The average molecular weight is 195 g/mol. The predicted octanol–water partition coefficient (Wildman–Crippen LogP) is 1.57. The number of nitrogens with zero attached hydrogens (tertiary/aromatic N) is 3. The van der Waals surface area contributed by atoms with Crippen molar-refractivity contribution >= 4 is 28.5 Å². The molecule has 0 fully saturated rings. The summed E-state index contributed by atoms with van der Waals surface area (Å²) < 4.78 is 0. The van der Waals surface area contributed by atoms with Crippen LogP contribution >= 0.6 is 11.6 Å². The molecule has 4 nitrogen and oxygen atoms in total. The predicted molar refractivity (Wildman–Crippen MR) is 51.5 cm³/mol. The molecule has 2 rings (SSSR count). The van der Waals surface area contributed by atoms with Crippen molar-refractivity contribution < 1.29 is 0 Å². The maximum Gasteiger partial charge on any atom is 0.225 e. The second kappa shape index (κ2) is 2.81. The topological polar surface area (TPSA) is 64.7 Å². The molecule has 0 atom stereocenters. The smallest absolute Gasteiger partial charge is 0.225 e. The Labute approximate surface area is 79.8 Å². The molecule has 0 aliphatic carbocycles. The highest BCUT2D eigenvalue weighted by atomic mass is 35.5. The van der Waals surface area contributed by atoms with E-state index in [1.54, 1.807) is 6.20 Å². The Morgan fingerprint density at radius 2 is 2.08 bits per heavy atom. The second-order valence-corrected chi connectivity index (χ2v) is 3.04. The lowest BCUT2D eigenvalue weighted by Gasteiger charge is -2.02. The van der Waals surface area contributed by atoms with Gasteiger partial charge in [-0.15, -0.1) is 0 Å². The number of nitrogen functional groups attached to an aromatic ring is 1. The standard InChI is InChI=1S/C8H7ClN4/c1-4-2-3-11-6-5(4)12-8(9)13-7(6)10/h2-3H,1H3,(H2,10,12,13). The number of halogens is 1. The van der Waals surface area contributed by atoms with Gasteiger partial charge in [0.25, 0.3) is 0 Å². The lowest BCUT2D eigenvalue weighted by Crippen LogP contribution is -1.97. The van der Waals surface area contributed by atoms with Crippen molar-refractivity contribution in [3.63, 3.8) is 0 Å². The van der Waals surface area contributed by atoms with Crippen molar-refractivity contribution in [2.75, 3.05) is 5.73 Å². The number of hydrogen-bond donors (Lipinski definition) is 1. The molecule has 0 aliphatic heterocycles. The first kappa shape index (κ1) is 8.19. The highest BCUT2D eigenvalue weighted by molar-refractivity contribution is 6.28. The van der Waals surface area contributed by atoms with E-state index in [1.807, 2.05) is 13.0 Å². The first-order chi connectivity index (χ1) is 6.18. The fraction of sp³-hybridized carbons (Fsp3) is 0.125. The van der Waals surface area contributed by atoms with Gasteiger partial charge in [0.2, 0.25) is 5.28 Å². The molecule has 0 saturated carbocycles. The van der Waals surface area contributed by atoms with Gasteiger partial charge in [-0.05, 0) is 30.2 Å². The fourth-order valence-corrected chi connectivity index (χ4v) is 1.32. The molecule has 0 unspecified atom stereocenters. The van der Waals surface area contributed by atoms with E-state index in [9.17, 15) is 0 Å². The minimum Gasteiger partial charge on any atom is -0.382 e. The zero-order valence-corrected chi connectivity index (χ0v) is 7.71. The lowest BCUT2D eigenvalue weighted by atomic mass is 10.2. The number of hydrogen-bond acceptors (Lipinski definition) is 4. The Bertz CT molecular complexity index is 469. The van der Waals surface area contributed by atoms with Crippen LogP contribution in [0.25, 0.3) is 11.0 Å². The van der Waals surface area contributed by atoms with Crippen molar-refractivity contribution in [2.24, 2.45) is 0 Å². The summed E-state index contributed by atoms with van der Waals surface area (Å²) in [6.07, 6.45) is 1.67. The number of fused-ring (bicyclic) bond motifs is 1. The molecular formula is C8H7ClN4. The molecule has 2 heterocycles. The SMILES string of the molecule is Cc1ccnc2c(N)nc(Cl)nc12. The Hall–Kier alpha value is -1.42. The quantitative estimate of drug-likeness (QED) is 0.647. The molecule has 0 spiro atoms. The van der Waals surface area contributed by atoms with Gasteiger partial charge in [-0.25, -0.2) is 4.98 Å². The van der Waals surface area contributed by atoms with Crippen LogP contribution in [0.5, 0.6) is 0 Å². The van der Waals surface area contributed by atoms with Gasteiger partial charge in [-0.3, -0.25) is 4.98 Å². The molecule has 0 bridgehead atoms. The van der Waals surface area contributed by atoms with Crippen LogP contribution < -0.4 is 5.73 Å². The van der Waals surface area contributed by atoms with Crippen molar-refractivity contribution in [1.82, 2.24) is 15.0 Å². The van der Waals surface area contributed by atoms with E-state index in [1.165, 1.54) is 0 Å². The molecule has 0 aliphatic rings. The number of anilines is 1. The highest BCUT2D eigenvalue weighted by Crippen LogP contribution is 2.19. The van der Waals surface area contributed by atoms with Crippen LogP contribution in [0.1, 0.15) is 5.56 Å². The molecule has 0 saturated heterocycles. The summed E-state index contributed by atoms with van der Waals surface area (Å²) in [4.78, 5) is 11.9. The van der Waals surface area contributed by atoms with Gasteiger partial charge in [-0.1, -0.05) is 0 Å². The van der Waals surface area contributed by atoms with Crippen LogP contribution in [0.2, 0.25) is 5.28 Å². The second-order valence-electron chi connectivity index (χ2n) is 2.70. The van der Waals surface area contributed by atoms with E-state index in [-0.39, 0.29) is 5.28 Å². The summed E-state index contributed by atoms with van der Waals surface area (Å²) in [5.41, 5.74) is 7.92. The van der Waals surface area contributed by atoms with E-state index < -0.39 is 0 Å². The average Bonchev–Trinajstić information content (AvgIpc) is 2.07. The monoisotopic (exact) mass is 194 g/mol. The first-order valence-corrected chi connectivity index (χ1v) is 4.10. The molecule has 5 heteroatoms. The van der Waals surface area contributed by atoms with Crippen molar-refractivity contribution in [3.8, 4) is 0 Å². The first-order valence-electron chi connectivity index (χ1n) is 3.73. The third-order valence-electron chi connectivity index (χ3n) is 1.79. The highest BCUT2D eigenvalue weighted by Gasteiger charge is 2.05. The van der Waals surface area contributed by atoms with Gasteiger partial charge in [0.05, 0.1) is 5.52 Å². The van der Waals surface area contributed by atoms with Crippen LogP contribution in [0.4, 0.5) is 5.82 Å². The number of aryl methyl sites for hydroxylation is 1. The van der Waals surface area contributed by atoms with Crippen LogP contribution in [0, 0.1) is 6.92 Å². The summed E-state index contributed by atoms with van der Waals surface area (Å²) in [7, 11) is 0. The number of aromatic nitrogens is 3. The fourth-order valence-electron chi connectivity index (χ4n) is 1.15. The van der Waals surface area contributed by atoms with Crippen molar-refractivity contribution in [3.05, 3.63) is 23.1 Å². The van der Waals surface area contributed by atoms with E-state index in [4.69, 9.17) is 17.3 Å². The van der Waals surface area contributed by atoms with Gasteiger partial charge in [-0.2, -0.15) is 4.98 Å². The summed E-state index contributed by atoms with van der Waals surface area (Å²) in [6.45, 7) is 1.92. The zero-order valence-electron chi connectivity index (χ0n) is 6.95. The molecule has 0 amide bonds. The minimum absolute atomic E-state index is 0.154. The molecule has 2 aromatic heterocycles. The summed E-state index contributed by atoms with van der Waals surface area (Å²) in [6, 6.07) is 1.85. The Kier molecular flexibility index (Phi) is 1.77. The maximum atomic E-state index is 5.67. The number of rotatable bonds is 0. The Morgan fingerprint density at radius 1 is 1.31 bits per heavy atom. The van der Waals surface area contributed by atoms with Crippen molar-refractivity contribution in [1.29, 1.82) is 0 Å². The molecule has 2 N–H and O–H groups in total.